The van der Waals surface area contributed by atoms with Gasteiger partial charge in [0, 0.05) is 34.8 Å². The van der Waals surface area contributed by atoms with E-state index in [0.29, 0.717) is 11.6 Å². The third-order valence-electron chi connectivity index (χ3n) is 7.26. The van der Waals surface area contributed by atoms with E-state index < -0.39 is 0 Å². The van der Waals surface area contributed by atoms with E-state index >= 15 is 0 Å². The second-order valence-electron chi connectivity index (χ2n) is 9.79. The Labute approximate surface area is 203 Å². The number of carbonyl (C=O) groups is 1. The van der Waals surface area contributed by atoms with Crippen molar-refractivity contribution in [2.24, 2.45) is 0 Å². The second-order valence-corrected chi connectivity index (χ2v) is 9.79. The van der Waals surface area contributed by atoms with E-state index in [1.807, 2.05) is 30.3 Å². The average Bonchev–Trinajstić information content (AvgIpc) is 3.40. The highest BCUT2D eigenvalue weighted by Gasteiger charge is 2.18. The molecule has 34 heavy (non-hydrogen) atoms. The van der Waals surface area contributed by atoms with Crippen molar-refractivity contribution in [3.8, 4) is 11.3 Å². The van der Waals surface area contributed by atoms with Crippen molar-refractivity contribution in [3.05, 3.63) is 60.2 Å². The van der Waals surface area contributed by atoms with Crippen molar-refractivity contribution >= 4 is 22.5 Å². The molecule has 0 atom stereocenters. The monoisotopic (exact) mass is 456 g/mol. The lowest BCUT2D eigenvalue weighted by Gasteiger charge is -2.26. The Bertz CT molecular complexity index is 1100. The molecule has 0 spiro atoms. The number of amides is 1. The molecule has 178 valence electrons. The largest absolute Gasteiger partial charge is 0.384 e. The van der Waals surface area contributed by atoms with Crippen LogP contribution in [0.5, 0.6) is 0 Å². The molecule has 1 aliphatic heterocycles. The smallest absolute Gasteiger partial charge is 0.251 e. The number of hydrogen-bond donors (Lipinski definition) is 2. The molecule has 2 aromatic carbocycles. The number of nitrogens with zero attached hydrogens (tertiary/aromatic N) is 2. The van der Waals surface area contributed by atoms with Crippen LogP contribution in [-0.4, -0.2) is 48.0 Å². The fraction of sp³-hybridized carbons (Fsp3) is 0.448. The predicted molar refractivity (Wildman–Crippen MR) is 140 cm³/mol. The van der Waals surface area contributed by atoms with Crippen LogP contribution >= 0.6 is 0 Å². The molecular formula is C29H36N4O. The fourth-order valence-electron chi connectivity index (χ4n) is 5.31. The van der Waals surface area contributed by atoms with Crippen molar-refractivity contribution < 1.29 is 4.79 Å². The van der Waals surface area contributed by atoms with Crippen LogP contribution in [0.4, 0.5) is 5.69 Å². The molecule has 1 aliphatic carbocycles. The number of carbonyl (C=O) groups excluding carboxylic acids is 1. The number of benzene rings is 2. The minimum atomic E-state index is 0.0287. The number of pyridine rings is 1. The van der Waals surface area contributed by atoms with Crippen molar-refractivity contribution in [2.45, 2.75) is 57.4 Å². The van der Waals surface area contributed by atoms with Crippen LogP contribution in [0.1, 0.15) is 61.7 Å². The normalized spacial score (nSPS) is 17.2. The minimum Gasteiger partial charge on any atom is -0.384 e. The van der Waals surface area contributed by atoms with Crippen LogP contribution in [0.25, 0.3) is 22.2 Å². The molecule has 1 aromatic heterocycles. The molecule has 5 nitrogen and oxygen atoms in total. The van der Waals surface area contributed by atoms with Crippen LogP contribution in [-0.2, 0) is 0 Å². The highest BCUT2D eigenvalue weighted by Crippen LogP contribution is 2.29. The summed E-state index contributed by atoms with van der Waals surface area (Å²) in [6.45, 7) is 4.60. The van der Waals surface area contributed by atoms with Crippen molar-refractivity contribution in [1.29, 1.82) is 0 Å². The zero-order valence-corrected chi connectivity index (χ0v) is 20.1. The molecule has 2 aliphatic rings. The zero-order chi connectivity index (χ0) is 23.2. The Morgan fingerprint density at radius 3 is 2.50 bits per heavy atom. The second kappa shape index (κ2) is 11.0. The number of aromatic nitrogens is 1. The van der Waals surface area contributed by atoms with Gasteiger partial charge in [-0.05, 0) is 76.0 Å². The number of anilines is 1. The summed E-state index contributed by atoms with van der Waals surface area (Å²) in [7, 11) is 0. The van der Waals surface area contributed by atoms with E-state index in [1.54, 1.807) is 0 Å². The first-order valence-corrected chi connectivity index (χ1v) is 13.0. The molecule has 1 amide bonds. The Morgan fingerprint density at radius 2 is 1.71 bits per heavy atom. The Hall–Kier alpha value is -2.92. The first kappa shape index (κ1) is 22.9. The molecule has 5 heteroatoms. The van der Waals surface area contributed by atoms with E-state index in [4.69, 9.17) is 4.98 Å². The van der Waals surface area contributed by atoms with Gasteiger partial charge in [0.2, 0.25) is 0 Å². The van der Waals surface area contributed by atoms with Crippen molar-refractivity contribution in [1.82, 2.24) is 15.2 Å². The zero-order valence-electron chi connectivity index (χ0n) is 20.1. The van der Waals surface area contributed by atoms with Gasteiger partial charge in [0.15, 0.2) is 0 Å². The third kappa shape index (κ3) is 5.58. The van der Waals surface area contributed by atoms with Gasteiger partial charge < -0.3 is 15.5 Å². The third-order valence-corrected chi connectivity index (χ3v) is 7.26. The SMILES string of the molecule is O=C(NC1CCCC1)c1ccc(-c2cc(NCCCN3CCCCC3)c3ccccc3n2)cc1. The lowest BCUT2D eigenvalue weighted by molar-refractivity contribution is 0.0938. The number of fused-ring (bicyclic) bond motifs is 1. The van der Waals surface area contributed by atoms with Gasteiger partial charge in [-0.1, -0.05) is 49.6 Å². The van der Waals surface area contributed by atoms with Gasteiger partial charge in [-0.25, -0.2) is 4.98 Å². The first-order chi connectivity index (χ1) is 16.8. The summed E-state index contributed by atoms with van der Waals surface area (Å²) in [5, 5.41) is 8.00. The van der Waals surface area contributed by atoms with Crippen LogP contribution in [0, 0.1) is 0 Å². The molecule has 5 rings (SSSR count). The molecule has 1 saturated carbocycles. The molecule has 3 aromatic rings. The van der Waals surface area contributed by atoms with Crippen LogP contribution in [0.2, 0.25) is 0 Å². The summed E-state index contributed by atoms with van der Waals surface area (Å²) in [5.74, 6) is 0.0287. The lowest BCUT2D eigenvalue weighted by Crippen LogP contribution is -2.32. The number of rotatable bonds is 8. The number of nitrogens with one attached hydrogen (secondary N) is 2. The average molecular weight is 457 g/mol. The van der Waals surface area contributed by atoms with Gasteiger partial charge in [0.1, 0.15) is 0 Å². The molecule has 0 unspecified atom stereocenters. The van der Waals surface area contributed by atoms with E-state index in [1.165, 1.54) is 45.2 Å². The number of likely N-dealkylation sites (tertiary alicyclic amines) is 1. The summed E-state index contributed by atoms with van der Waals surface area (Å²) in [4.78, 5) is 20.1. The predicted octanol–water partition coefficient (Wildman–Crippen LogP) is 5.86. The van der Waals surface area contributed by atoms with Crippen LogP contribution in [0.15, 0.2) is 54.6 Å². The van der Waals surface area contributed by atoms with Gasteiger partial charge in [0.25, 0.3) is 5.91 Å². The summed E-state index contributed by atoms with van der Waals surface area (Å²) in [5.41, 5.74) is 4.79. The maximum atomic E-state index is 12.6. The summed E-state index contributed by atoms with van der Waals surface area (Å²) < 4.78 is 0. The molecule has 1 saturated heterocycles. The van der Waals surface area contributed by atoms with Crippen LogP contribution < -0.4 is 10.6 Å². The van der Waals surface area contributed by atoms with Gasteiger partial charge >= 0.3 is 0 Å². The highest BCUT2D eigenvalue weighted by atomic mass is 16.1. The maximum absolute atomic E-state index is 12.6. The fourth-order valence-corrected chi connectivity index (χ4v) is 5.31. The Kier molecular flexibility index (Phi) is 7.40. The van der Waals surface area contributed by atoms with E-state index in [2.05, 4.69) is 39.8 Å². The molecule has 0 bridgehead atoms. The Balaban J connectivity index is 1.28. The van der Waals surface area contributed by atoms with Gasteiger partial charge in [-0.3, -0.25) is 4.79 Å². The molecular weight excluding hydrogens is 420 g/mol. The Morgan fingerprint density at radius 1 is 0.941 bits per heavy atom. The standard InChI is InChI=1S/C29H36N4O/c34-29(31-24-9-2-3-10-24)23-15-13-22(14-16-23)27-21-28(25-11-4-5-12-26(25)32-27)30-17-8-20-33-18-6-1-7-19-33/h4-5,11-16,21,24H,1-3,6-10,17-20H2,(H,30,32)(H,31,34). The topological polar surface area (TPSA) is 57.3 Å². The van der Waals surface area contributed by atoms with Gasteiger partial charge in [-0.15, -0.1) is 0 Å². The van der Waals surface area contributed by atoms with E-state index in [0.717, 1.165) is 60.2 Å². The lowest BCUT2D eigenvalue weighted by atomic mass is 10.1. The molecule has 2 heterocycles. The maximum Gasteiger partial charge on any atom is 0.251 e. The molecule has 2 N–H and O–H groups in total. The van der Waals surface area contributed by atoms with Gasteiger partial charge in [0.05, 0.1) is 11.2 Å². The highest BCUT2D eigenvalue weighted by molar-refractivity contribution is 5.96. The minimum absolute atomic E-state index is 0.0287. The van der Waals surface area contributed by atoms with Gasteiger partial charge in [-0.2, -0.15) is 0 Å². The molecule has 0 radical (unpaired) electrons. The van der Waals surface area contributed by atoms with Crippen LogP contribution in [0.3, 0.4) is 0 Å². The quantitative estimate of drug-likeness (QED) is 0.417. The first-order valence-electron chi connectivity index (χ1n) is 13.0. The number of piperidine rings is 1. The van der Waals surface area contributed by atoms with E-state index in [-0.39, 0.29) is 5.91 Å². The van der Waals surface area contributed by atoms with Crippen molar-refractivity contribution in [2.75, 3.05) is 31.5 Å². The molecule has 2 fully saturated rings. The van der Waals surface area contributed by atoms with E-state index in [9.17, 15) is 4.79 Å². The summed E-state index contributed by atoms with van der Waals surface area (Å²) in [6, 6.07) is 18.7. The number of para-hydroxylation sites is 1. The summed E-state index contributed by atoms with van der Waals surface area (Å²) in [6.07, 6.45) is 9.82. The number of hydrogen-bond acceptors (Lipinski definition) is 4. The van der Waals surface area contributed by atoms with Crippen molar-refractivity contribution in [3.63, 3.8) is 0 Å². The summed E-state index contributed by atoms with van der Waals surface area (Å²) >= 11 is 0.